The molecule has 0 aliphatic heterocycles. The summed E-state index contributed by atoms with van der Waals surface area (Å²) in [7, 11) is 0. The Morgan fingerprint density at radius 2 is 0.824 bits per heavy atom. The molecule has 0 aliphatic rings. The zero-order valence-corrected chi connectivity index (χ0v) is 36.5. The summed E-state index contributed by atoms with van der Waals surface area (Å²) >= 11 is 0. The van der Waals surface area contributed by atoms with E-state index in [9.17, 15) is 31.6 Å². The number of aryl methyl sites for hydroxylation is 2. The summed E-state index contributed by atoms with van der Waals surface area (Å²) in [6.07, 6.45) is -10.3. The van der Waals surface area contributed by atoms with Crippen molar-refractivity contribution in [3.63, 3.8) is 0 Å². The standard InChI is InChI=1S/C59H37F6N3/c1-35-17-21-37(22-18-35)39-25-28-52-45(31-39)43-10-3-5-14-50(43)67(52)54-30-27-41(57-48(58(60,61)62)12-8-13-49(57)59(63,64)65)33-47(54)56-42(34-66)9-7-16-55(56)68-51-15-6-4-11-44(51)46-32-40(26-29-53(46)68)38-23-19-36(2)20-24-38/h3-33H,1-2H3. The molecule has 2 heterocycles. The number of alkyl halides is 6. The first-order valence-electron chi connectivity index (χ1n) is 21.9. The molecule has 0 amide bonds. The van der Waals surface area contributed by atoms with Gasteiger partial charge in [-0.05, 0) is 114 Å². The molecule has 68 heavy (non-hydrogen) atoms. The van der Waals surface area contributed by atoms with E-state index >= 15 is 0 Å². The van der Waals surface area contributed by atoms with Crippen molar-refractivity contribution in [2.75, 3.05) is 0 Å². The van der Waals surface area contributed by atoms with E-state index in [0.29, 0.717) is 29.1 Å². The lowest BCUT2D eigenvalue weighted by atomic mass is 9.89. The van der Waals surface area contributed by atoms with E-state index in [4.69, 9.17) is 0 Å². The van der Waals surface area contributed by atoms with Crippen molar-refractivity contribution in [1.82, 2.24) is 9.13 Å². The average Bonchev–Trinajstić information content (AvgIpc) is 3.85. The molecule has 0 aliphatic carbocycles. The monoisotopic (exact) mass is 901 g/mol. The van der Waals surface area contributed by atoms with Gasteiger partial charge in [0.25, 0.3) is 0 Å². The summed E-state index contributed by atoms with van der Waals surface area (Å²) in [5, 5.41) is 14.7. The first-order chi connectivity index (χ1) is 32.8. The number of aromatic nitrogens is 2. The van der Waals surface area contributed by atoms with Gasteiger partial charge in [-0.25, -0.2) is 0 Å². The van der Waals surface area contributed by atoms with E-state index in [0.717, 1.165) is 83.1 Å². The fourth-order valence-corrected chi connectivity index (χ4v) is 9.84. The first kappa shape index (κ1) is 42.3. The predicted molar refractivity (Wildman–Crippen MR) is 261 cm³/mol. The molecule has 9 heteroatoms. The molecule has 0 bridgehead atoms. The zero-order valence-electron chi connectivity index (χ0n) is 36.5. The molecule has 0 spiro atoms. The molecular weight excluding hydrogens is 865 g/mol. The van der Waals surface area contributed by atoms with Crippen molar-refractivity contribution in [2.45, 2.75) is 26.2 Å². The van der Waals surface area contributed by atoms with Gasteiger partial charge in [0.1, 0.15) is 0 Å². The minimum atomic E-state index is -5.13. The third-order valence-electron chi connectivity index (χ3n) is 13.0. The fraction of sp³-hybridized carbons (Fsp3) is 0.0678. The molecule has 2 aromatic heterocycles. The van der Waals surface area contributed by atoms with Crippen LogP contribution in [0.25, 0.3) is 99.5 Å². The Morgan fingerprint density at radius 3 is 1.32 bits per heavy atom. The predicted octanol–water partition coefficient (Wildman–Crippen LogP) is 17.1. The van der Waals surface area contributed by atoms with E-state index in [1.165, 1.54) is 12.1 Å². The number of benzene rings is 9. The molecule has 0 unspecified atom stereocenters. The largest absolute Gasteiger partial charge is 0.417 e. The number of rotatable bonds is 6. The summed E-state index contributed by atoms with van der Waals surface area (Å²) < 4.78 is 93.7. The van der Waals surface area contributed by atoms with Crippen LogP contribution >= 0.6 is 0 Å². The van der Waals surface area contributed by atoms with Crippen molar-refractivity contribution in [2.24, 2.45) is 0 Å². The maximum atomic E-state index is 15.0. The number of hydrogen-bond donors (Lipinski definition) is 0. The number of hydrogen-bond acceptors (Lipinski definition) is 1. The van der Waals surface area contributed by atoms with Crippen molar-refractivity contribution >= 4 is 43.6 Å². The topological polar surface area (TPSA) is 33.6 Å². The fourth-order valence-electron chi connectivity index (χ4n) is 9.84. The van der Waals surface area contributed by atoms with Gasteiger partial charge in [-0.1, -0.05) is 126 Å². The summed E-state index contributed by atoms with van der Waals surface area (Å²) in [5.74, 6) is 0. The van der Waals surface area contributed by atoms with Gasteiger partial charge >= 0.3 is 12.4 Å². The number of fused-ring (bicyclic) bond motifs is 6. The summed E-state index contributed by atoms with van der Waals surface area (Å²) in [4.78, 5) is 0. The smallest absolute Gasteiger partial charge is 0.309 e. The molecule has 9 aromatic carbocycles. The molecule has 330 valence electrons. The van der Waals surface area contributed by atoms with Crippen LogP contribution in [-0.4, -0.2) is 9.13 Å². The average molecular weight is 902 g/mol. The summed E-state index contributed by atoms with van der Waals surface area (Å²) in [6, 6.07) is 58.3. The first-order valence-corrected chi connectivity index (χ1v) is 21.9. The Balaban J connectivity index is 1.25. The highest BCUT2D eigenvalue weighted by Gasteiger charge is 2.41. The molecule has 0 fully saturated rings. The molecular formula is C59H37F6N3. The highest BCUT2D eigenvalue weighted by molar-refractivity contribution is 6.13. The second-order valence-electron chi connectivity index (χ2n) is 17.2. The van der Waals surface area contributed by atoms with E-state index in [1.807, 2.05) is 114 Å². The Labute approximate surface area is 387 Å². The Bertz CT molecular complexity index is 3810. The number of nitrogens with zero attached hydrogens (tertiary/aromatic N) is 3. The molecule has 0 saturated carbocycles. The number of para-hydroxylation sites is 2. The normalized spacial score (nSPS) is 12.1. The van der Waals surface area contributed by atoms with Crippen LogP contribution < -0.4 is 0 Å². The highest BCUT2D eigenvalue weighted by atomic mass is 19.4. The van der Waals surface area contributed by atoms with Gasteiger partial charge < -0.3 is 9.13 Å². The molecule has 11 aromatic rings. The van der Waals surface area contributed by atoms with Crippen molar-refractivity contribution in [3.05, 3.63) is 216 Å². The zero-order chi connectivity index (χ0) is 47.1. The molecule has 11 rings (SSSR count). The van der Waals surface area contributed by atoms with Gasteiger partial charge in [-0.2, -0.15) is 31.6 Å². The maximum Gasteiger partial charge on any atom is 0.417 e. The Morgan fingerprint density at radius 1 is 0.382 bits per heavy atom. The molecule has 0 saturated heterocycles. The molecule has 0 N–H and O–H groups in total. The van der Waals surface area contributed by atoms with Gasteiger partial charge in [-0.3, -0.25) is 0 Å². The van der Waals surface area contributed by atoms with Crippen LogP contribution in [-0.2, 0) is 12.4 Å². The van der Waals surface area contributed by atoms with Crippen LogP contribution in [0.3, 0.4) is 0 Å². The van der Waals surface area contributed by atoms with Crippen LogP contribution in [0.15, 0.2) is 188 Å². The van der Waals surface area contributed by atoms with Crippen LogP contribution in [0.2, 0.25) is 0 Å². The number of halogens is 6. The molecule has 3 nitrogen and oxygen atoms in total. The Kier molecular flexibility index (Phi) is 9.90. The van der Waals surface area contributed by atoms with Crippen LogP contribution in [0.4, 0.5) is 26.3 Å². The summed E-state index contributed by atoms with van der Waals surface area (Å²) in [5.41, 5.74) is 6.88. The van der Waals surface area contributed by atoms with Gasteiger partial charge in [0.15, 0.2) is 0 Å². The SMILES string of the molecule is Cc1ccc(-c2ccc3c(c2)c2ccccc2n3-c2ccc(-c3c(C(F)(F)F)cccc3C(F)(F)F)cc2-c2c(C#N)cccc2-n2c3ccccc3c3cc(-c4ccc(C)cc4)ccc32)cc1. The molecule has 0 radical (unpaired) electrons. The van der Waals surface area contributed by atoms with E-state index in [2.05, 4.69) is 54.6 Å². The third-order valence-corrected chi connectivity index (χ3v) is 13.0. The van der Waals surface area contributed by atoms with Crippen molar-refractivity contribution < 1.29 is 26.3 Å². The lowest BCUT2D eigenvalue weighted by molar-refractivity contribution is -0.142. The van der Waals surface area contributed by atoms with Gasteiger partial charge in [0.2, 0.25) is 0 Å². The van der Waals surface area contributed by atoms with Crippen molar-refractivity contribution in [1.29, 1.82) is 5.26 Å². The number of nitriles is 1. The lowest BCUT2D eigenvalue weighted by Gasteiger charge is -2.23. The van der Waals surface area contributed by atoms with Gasteiger partial charge in [0, 0.05) is 38.2 Å². The second kappa shape index (κ2) is 15.9. The van der Waals surface area contributed by atoms with Crippen LogP contribution in [0.1, 0.15) is 27.8 Å². The van der Waals surface area contributed by atoms with Crippen LogP contribution in [0, 0.1) is 25.2 Å². The second-order valence-corrected chi connectivity index (χ2v) is 17.2. The quantitative estimate of drug-likeness (QED) is 0.153. The van der Waals surface area contributed by atoms with Crippen LogP contribution in [0.5, 0.6) is 0 Å². The highest BCUT2D eigenvalue weighted by Crippen LogP contribution is 2.48. The minimum Gasteiger partial charge on any atom is -0.309 e. The Hall–Kier alpha value is -8.35. The van der Waals surface area contributed by atoms with Gasteiger partial charge in [0.05, 0.1) is 56.2 Å². The lowest BCUT2D eigenvalue weighted by Crippen LogP contribution is -2.14. The maximum absolute atomic E-state index is 15.0. The molecule has 0 atom stereocenters. The van der Waals surface area contributed by atoms with Crippen molar-refractivity contribution in [3.8, 4) is 62.0 Å². The van der Waals surface area contributed by atoms with E-state index in [1.54, 1.807) is 18.2 Å². The third kappa shape index (κ3) is 6.99. The minimum absolute atomic E-state index is 0.172. The summed E-state index contributed by atoms with van der Waals surface area (Å²) in [6.45, 7) is 4.05. The van der Waals surface area contributed by atoms with E-state index < -0.39 is 29.0 Å². The van der Waals surface area contributed by atoms with Gasteiger partial charge in [-0.15, -0.1) is 0 Å². The van der Waals surface area contributed by atoms with E-state index in [-0.39, 0.29) is 16.7 Å².